The summed E-state index contributed by atoms with van der Waals surface area (Å²) in [6, 6.07) is 9.99. The van der Waals surface area contributed by atoms with Gasteiger partial charge in [0.2, 0.25) is 0 Å². The van der Waals surface area contributed by atoms with Gasteiger partial charge in [-0.2, -0.15) is 0 Å². The minimum Gasteiger partial charge on any atom is -0.369 e. The number of imidazole rings is 1. The molecule has 0 aliphatic carbocycles. The van der Waals surface area contributed by atoms with Crippen LogP contribution in [0.2, 0.25) is 0 Å². The Morgan fingerprint density at radius 1 is 1.27 bits per heavy atom. The number of halogens is 1. The van der Waals surface area contributed by atoms with Crippen LogP contribution in [0.5, 0.6) is 0 Å². The summed E-state index contributed by atoms with van der Waals surface area (Å²) in [6.45, 7) is 10.3. The van der Waals surface area contributed by atoms with Crippen molar-refractivity contribution in [3.05, 3.63) is 59.7 Å². The van der Waals surface area contributed by atoms with Crippen LogP contribution in [0, 0.1) is 13.8 Å². The highest BCUT2D eigenvalue weighted by Crippen LogP contribution is 2.21. The van der Waals surface area contributed by atoms with Gasteiger partial charge in [-0.25, -0.2) is 9.37 Å². The summed E-state index contributed by atoms with van der Waals surface area (Å²) < 4.78 is 20.9. The van der Waals surface area contributed by atoms with Gasteiger partial charge in [-0.05, 0) is 26.3 Å². The van der Waals surface area contributed by atoms with E-state index in [4.69, 9.17) is 4.74 Å². The quantitative estimate of drug-likeness (QED) is 0.756. The van der Waals surface area contributed by atoms with Crippen molar-refractivity contribution in [1.29, 1.82) is 0 Å². The lowest BCUT2D eigenvalue weighted by molar-refractivity contribution is 0.101. The number of ether oxygens (including phenoxy) is 1. The SMILES string of the molecule is C=C(CC(C)F)n1c(COCc2ccccc2)nc(C)c1C. The minimum absolute atomic E-state index is 0.294. The molecule has 0 fully saturated rings. The second-order valence-corrected chi connectivity index (χ2v) is 5.56. The smallest absolute Gasteiger partial charge is 0.139 e. The van der Waals surface area contributed by atoms with Crippen LogP contribution in [0.15, 0.2) is 36.9 Å². The number of benzene rings is 1. The van der Waals surface area contributed by atoms with Gasteiger partial charge in [-0.1, -0.05) is 36.9 Å². The summed E-state index contributed by atoms with van der Waals surface area (Å²) in [5.74, 6) is 0.775. The Balaban J connectivity index is 2.07. The Hall–Kier alpha value is -1.94. The molecular weight excluding hydrogens is 279 g/mol. The first-order chi connectivity index (χ1) is 10.5. The summed E-state index contributed by atoms with van der Waals surface area (Å²) in [5, 5.41) is 0. The molecule has 0 N–H and O–H groups in total. The highest BCUT2D eigenvalue weighted by atomic mass is 19.1. The number of aromatic nitrogens is 2. The zero-order valence-electron chi connectivity index (χ0n) is 13.5. The minimum atomic E-state index is -0.923. The van der Waals surface area contributed by atoms with E-state index in [1.165, 1.54) is 6.92 Å². The molecule has 1 heterocycles. The maximum absolute atomic E-state index is 13.3. The molecule has 0 saturated carbocycles. The van der Waals surface area contributed by atoms with E-state index < -0.39 is 6.17 Å². The van der Waals surface area contributed by atoms with E-state index in [0.29, 0.717) is 25.3 Å². The third-order valence-corrected chi connectivity index (χ3v) is 3.59. The fourth-order valence-electron chi connectivity index (χ4n) is 2.45. The van der Waals surface area contributed by atoms with Crippen molar-refractivity contribution in [2.75, 3.05) is 0 Å². The van der Waals surface area contributed by atoms with Gasteiger partial charge in [-0.3, -0.25) is 0 Å². The third kappa shape index (κ3) is 4.04. The number of allylic oxidation sites excluding steroid dienone is 1. The highest BCUT2D eigenvalue weighted by Gasteiger charge is 2.15. The zero-order valence-corrected chi connectivity index (χ0v) is 13.5. The van der Waals surface area contributed by atoms with Gasteiger partial charge in [0.1, 0.15) is 18.6 Å². The number of hydrogen-bond acceptors (Lipinski definition) is 2. The topological polar surface area (TPSA) is 27.1 Å². The summed E-state index contributed by atoms with van der Waals surface area (Å²) in [7, 11) is 0. The van der Waals surface area contributed by atoms with Gasteiger partial charge in [0, 0.05) is 17.8 Å². The second kappa shape index (κ2) is 7.36. The summed E-state index contributed by atoms with van der Waals surface area (Å²) in [5.41, 5.74) is 3.74. The molecule has 1 aromatic carbocycles. The molecule has 4 heteroatoms. The number of aryl methyl sites for hydroxylation is 1. The molecule has 0 saturated heterocycles. The summed E-state index contributed by atoms with van der Waals surface area (Å²) in [4.78, 5) is 4.52. The molecule has 3 nitrogen and oxygen atoms in total. The van der Waals surface area contributed by atoms with Crippen LogP contribution < -0.4 is 0 Å². The number of rotatable bonds is 7. The molecule has 1 unspecified atom stereocenters. The normalized spacial score (nSPS) is 12.4. The van der Waals surface area contributed by atoms with Gasteiger partial charge in [0.05, 0.1) is 12.3 Å². The number of alkyl halides is 1. The molecule has 1 aromatic heterocycles. The fourth-order valence-corrected chi connectivity index (χ4v) is 2.45. The Morgan fingerprint density at radius 3 is 2.59 bits per heavy atom. The maximum atomic E-state index is 13.3. The first-order valence-corrected chi connectivity index (χ1v) is 7.47. The molecule has 2 aromatic rings. The monoisotopic (exact) mass is 302 g/mol. The summed E-state index contributed by atoms with van der Waals surface area (Å²) >= 11 is 0. The van der Waals surface area contributed by atoms with Gasteiger partial charge in [0.15, 0.2) is 0 Å². The van der Waals surface area contributed by atoms with Crippen LogP contribution in [0.25, 0.3) is 5.70 Å². The van der Waals surface area contributed by atoms with E-state index >= 15 is 0 Å². The predicted molar refractivity (Wildman–Crippen MR) is 87.2 cm³/mol. The first-order valence-electron chi connectivity index (χ1n) is 7.47. The van der Waals surface area contributed by atoms with Crippen LogP contribution in [0.3, 0.4) is 0 Å². The van der Waals surface area contributed by atoms with E-state index in [9.17, 15) is 4.39 Å². The molecule has 0 aliphatic rings. The predicted octanol–water partition coefficient (Wildman–Crippen LogP) is 4.44. The van der Waals surface area contributed by atoms with E-state index in [-0.39, 0.29) is 0 Å². The molecule has 0 aliphatic heterocycles. The molecule has 0 radical (unpaired) electrons. The number of hydrogen-bond donors (Lipinski definition) is 0. The molecule has 0 amide bonds. The fraction of sp³-hybridized carbons (Fsp3) is 0.389. The maximum Gasteiger partial charge on any atom is 0.139 e. The van der Waals surface area contributed by atoms with Crippen molar-refractivity contribution < 1.29 is 9.13 Å². The van der Waals surface area contributed by atoms with E-state index in [2.05, 4.69) is 11.6 Å². The van der Waals surface area contributed by atoms with Crippen molar-refractivity contribution in [3.8, 4) is 0 Å². The largest absolute Gasteiger partial charge is 0.369 e. The molecule has 118 valence electrons. The standard InChI is InChI=1S/C18H23FN2O/c1-13(19)10-14(2)21-16(4)15(3)20-18(21)12-22-11-17-8-6-5-7-9-17/h5-9,13H,2,10-12H2,1,3-4H3. The van der Waals surface area contributed by atoms with E-state index in [1.54, 1.807) is 0 Å². The Bertz CT molecular complexity index is 632. The Labute approximate surface area is 131 Å². The average Bonchev–Trinajstić information content (AvgIpc) is 2.74. The van der Waals surface area contributed by atoms with E-state index in [1.807, 2.05) is 48.7 Å². The zero-order chi connectivity index (χ0) is 16.1. The second-order valence-electron chi connectivity index (χ2n) is 5.56. The lowest BCUT2D eigenvalue weighted by atomic mass is 10.2. The molecule has 2 rings (SSSR count). The summed E-state index contributed by atoms with van der Waals surface area (Å²) in [6.07, 6.45) is -0.629. The van der Waals surface area contributed by atoms with Crippen molar-refractivity contribution >= 4 is 5.70 Å². The van der Waals surface area contributed by atoms with Gasteiger partial charge in [0.25, 0.3) is 0 Å². The van der Waals surface area contributed by atoms with Gasteiger partial charge < -0.3 is 9.30 Å². The molecular formula is C18H23FN2O. The van der Waals surface area contributed by atoms with E-state index in [0.717, 1.165) is 22.8 Å². The Kier molecular flexibility index (Phi) is 5.50. The van der Waals surface area contributed by atoms with Crippen LogP contribution in [0.1, 0.15) is 36.1 Å². The van der Waals surface area contributed by atoms with Crippen molar-refractivity contribution in [1.82, 2.24) is 9.55 Å². The van der Waals surface area contributed by atoms with Crippen molar-refractivity contribution in [2.24, 2.45) is 0 Å². The van der Waals surface area contributed by atoms with Gasteiger partial charge in [-0.15, -0.1) is 0 Å². The first kappa shape index (κ1) is 16.4. The lowest BCUT2D eigenvalue weighted by Gasteiger charge is -2.14. The average molecular weight is 302 g/mol. The molecule has 22 heavy (non-hydrogen) atoms. The lowest BCUT2D eigenvalue weighted by Crippen LogP contribution is -2.09. The molecule has 1 atom stereocenters. The van der Waals surface area contributed by atoms with Gasteiger partial charge >= 0.3 is 0 Å². The Morgan fingerprint density at radius 2 is 1.95 bits per heavy atom. The molecule has 0 spiro atoms. The number of nitrogens with zero attached hydrogens (tertiary/aromatic N) is 2. The van der Waals surface area contributed by atoms with Crippen LogP contribution in [-0.4, -0.2) is 15.7 Å². The van der Waals surface area contributed by atoms with Crippen LogP contribution >= 0.6 is 0 Å². The van der Waals surface area contributed by atoms with Crippen molar-refractivity contribution in [2.45, 2.75) is 46.6 Å². The van der Waals surface area contributed by atoms with Crippen LogP contribution in [0.4, 0.5) is 4.39 Å². The third-order valence-electron chi connectivity index (χ3n) is 3.59. The van der Waals surface area contributed by atoms with Crippen LogP contribution in [-0.2, 0) is 18.0 Å². The molecule has 0 bridgehead atoms. The highest BCUT2D eigenvalue weighted by molar-refractivity contribution is 5.46. The van der Waals surface area contributed by atoms with Crippen molar-refractivity contribution in [3.63, 3.8) is 0 Å².